The van der Waals surface area contributed by atoms with Gasteiger partial charge in [-0.1, -0.05) is 23.7 Å². The molecule has 0 aliphatic heterocycles. The Kier molecular flexibility index (Phi) is 3.09. The average Bonchev–Trinajstić information content (AvgIpc) is 2.15. The van der Waals surface area contributed by atoms with Crippen molar-refractivity contribution in [2.24, 2.45) is 0 Å². The summed E-state index contributed by atoms with van der Waals surface area (Å²) in [5.41, 5.74) is 1.71. The standard InChI is InChI=1S/C9H12BNO2/c1-11(13-2)9(12)7-4-3-5-8(10)6-7/h3-6H,10H2,1-2H3. The van der Waals surface area contributed by atoms with Crippen LogP contribution in [0.3, 0.4) is 0 Å². The third-order valence-corrected chi connectivity index (χ3v) is 1.82. The highest BCUT2D eigenvalue weighted by molar-refractivity contribution is 6.32. The molecule has 0 heterocycles. The van der Waals surface area contributed by atoms with Crippen molar-refractivity contribution < 1.29 is 9.63 Å². The fourth-order valence-corrected chi connectivity index (χ4v) is 1.04. The number of rotatable bonds is 2. The lowest BCUT2D eigenvalue weighted by Crippen LogP contribution is -2.26. The maximum absolute atomic E-state index is 11.5. The third kappa shape index (κ3) is 2.32. The molecule has 0 aliphatic carbocycles. The summed E-state index contributed by atoms with van der Waals surface area (Å²) < 4.78 is 0. The first-order valence-corrected chi connectivity index (χ1v) is 4.04. The number of hydroxylamine groups is 2. The molecule has 4 heteroatoms. The molecule has 0 radical (unpaired) electrons. The molecule has 0 aliphatic rings. The summed E-state index contributed by atoms with van der Waals surface area (Å²) in [5, 5.41) is 1.20. The highest BCUT2D eigenvalue weighted by Crippen LogP contribution is 2.00. The predicted octanol–water partition coefficient (Wildman–Crippen LogP) is -0.422. The van der Waals surface area contributed by atoms with Gasteiger partial charge in [0.2, 0.25) is 0 Å². The lowest BCUT2D eigenvalue weighted by Gasteiger charge is -2.13. The topological polar surface area (TPSA) is 29.5 Å². The van der Waals surface area contributed by atoms with E-state index in [1.54, 1.807) is 13.1 Å². The average molecular weight is 177 g/mol. The molecule has 0 atom stereocenters. The minimum Gasteiger partial charge on any atom is -0.274 e. The Hall–Kier alpha value is -1.29. The molecule has 0 saturated heterocycles. The lowest BCUT2D eigenvalue weighted by molar-refractivity contribution is -0.0756. The molecule has 0 spiro atoms. The molecule has 1 aromatic rings. The largest absolute Gasteiger partial charge is 0.277 e. The Morgan fingerprint density at radius 1 is 1.54 bits per heavy atom. The van der Waals surface area contributed by atoms with Gasteiger partial charge in [0.25, 0.3) is 5.91 Å². The second-order valence-corrected chi connectivity index (χ2v) is 2.85. The van der Waals surface area contributed by atoms with Crippen molar-refractivity contribution in [1.82, 2.24) is 5.06 Å². The number of benzene rings is 1. The van der Waals surface area contributed by atoms with Crippen molar-refractivity contribution in [2.45, 2.75) is 0 Å². The fourth-order valence-electron chi connectivity index (χ4n) is 1.04. The van der Waals surface area contributed by atoms with Gasteiger partial charge < -0.3 is 0 Å². The quantitative estimate of drug-likeness (QED) is 0.453. The highest BCUT2D eigenvalue weighted by Gasteiger charge is 2.09. The maximum atomic E-state index is 11.5. The van der Waals surface area contributed by atoms with Gasteiger partial charge in [0.05, 0.1) is 7.11 Å². The van der Waals surface area contributed by atoms with Crippen molar-refractivity contribution in [3.63, 3.8) is 0 Å². The van der Waals surface area contributed by atoms with Gasteiger partial charge in [0.1, 0.15) is 7.85 Å². The maximum Gasteiger partial charge on any atom is 0.277 e. The Bertz CT molecular complexity index is 314. The molecule has 0 bridgehead atoms. The molecule has 13 heavy (non-hydrogen) atoms. The molecule has 0 saturated carbocycles. The van der Waals surface area contributed by atoms with Crippen LogP contribution in [0.25, 0.3) is 0 Å². The van der Waals surface area contributed by atoms with Crippen molar-refractivity contribution in [1.29, 1.82) is 0 Å². The molecule has 0 aromatic heterocycles. The molecule has 3 nitrogen and oxygen atoms in total. The number of amides is 1. The van der Waals surface area contributed by atoms with E-state index in [0.717, 1.165) is 5.46 Å². The number of carbonyl (C=O) groups is 1. The summed E-state index contributed by atoms with van der Waals surface area (Å²) in [5.74, 6) is -0.133. The third-order valence-electron chi connectivity index (χ3n) is 1.82. The zero-order chi connectivity index (χ0) is 9.84. The van der Waals surface area contributed by atoms with Gasteiger partial charge in [-0.25, -0.2) is 5.06 Å². The van der Waals surface area contributed by atoms with E-state index in [1.165, 1.54) is 12.2 Å². The Balaban J connectivity index is 2.89. The second kappa shape index (κ2) is 4.09. The molecule has 0 unspecified atom stereocenters. The zero-order valence-electron chi connectivity index (χ0n) is 8.07. The van der Waals surface area contributed by atoms with Crippen molar-refractivity contribution in [3.05, 3.63) is 29.8 Å². The number of hydrogen-bond donors (Lipinski definition) is 0. The summed E-state index contributed by atoms with van der Waals surface area (Å²) in [6.07, 6.45) is 0. The number of carbonyl (C=O) groups excluding carboxylic acids is 1. The van der Waals surface area contributed by atoms with Crippen LogP contribution in [0.1, 0.15) is 10.4 Å². The second-order valence-electron chi connectivity index (χ2n) is 2.85. The van der Waals surface area contributed by atoms with Gasteiger partial charge in [-0.3, -0.25) is 9.63 Å². The van der Waals surface area contributed by atoms with Gasteiger partial charge >= 0.3 is 0 Å². The monoisotopic (exact) mass is 177 g/mol. The van der Waals surface area contributed by atoms with Crippen LogP contribution >= 0.6 is 0 Å². The highest BCUT2D eigenvalue weighted by atomic mass is 16.7. The normalized spacial score (nSPS) is 9.69. The van der Waals surface area contributed by atoms with E-state index >= 15 is 0 Å². The summed E-state index contributed by atoms with van der Waals surface area (Å²) in [4.78, 5) is 16.3. The molecule has 68 valence electrons. The minimum atomic E-state index is -0.133. The van der Waals surface area contributed by atoms with Gasteiger partial charge in [-0.2, -0.15) is 0 Å². The van der Waals surface area contributed by atoms with E-state index in [2.05, 4.69) is 0 Å². The van der Waals surface area contributed by atoms with Crippen LogP contribution in [0.4, 0.5) is 0 Å². The van der Waals surface area contributed by atoms with E-state index < -0.39 is 0 Å². The zero-order valence-corrected chi connectivity index (χ0v) is 8.07. The Labute approximate surface area is 78.7 Å². The summed E-state index contributed by atoms with van der Waals surface area (Å²) in [6, 6.07) is 7.40. The van der Waals surface area contributed by atoms with Crippen LogP contribution in [-0.2, 0) is 4.84 Å². The Morgan fingerprint density at radius 2 is 2.23 bits per heavy atom. The van der Waals surface area contributed by atoms with Crippen LogP contribution in [0.2, 0.25) is 0 Å². The molecule has 0 fully saturated rings. The summed E-state index contributed by atoms with van der Waals surface area (Å²) in [7, 11) is 5.00. The van der Waals surface area contributed by atoms with Crippen LogP contribution in [0.5, 0.6) is 0 Å². The molecule has 0 N–H and O–H groups in total. The van der Waals surface area contributed by atoms with Gasteiger partial charge in [-0.05, 0) is 6.07 Å². The minimum absolute atomic E-state index is 0.133. The van der Waals surface area contributed by atoms with E-state index in [-0.39, 0.29) is 5.91 Å². The van der Waals surface area contributed by atoms with Crippen LogP contribution in [0, 0.1) is 0 Å². The molecule has 1 rings (SSSR count). The molecular weight excluding hydrogens is 165 g/mol. The van der Waals surface area contributed by atoms with Gasteiger partial charge in [0, 0.05) is 12.6 Å². The Morgan fingerprint density at radius 3 is 2.77 bits per heavy atom. The molecular formula is C9H12BNO2. The fraction of sp³-hybridized carbons (Fsp3) is 0.222. The number of hydrogen-bond acceptors (Lipinski definition) is 2. The first-order chi connectivity index (χ1) is 6.15. The smallest absolute Gasteiger partial charge is 0.274 e. The molecule has 1 amide bonds. The van der Waals surface area contributed by atoms with Gasteiger partial charge in [0.15, 0.2) is 0 Å². The SMILES string of the molecule is Bc1cccc(C(=O)N(C)OC)c1. The first-order valence-electron chi connectivity index (χ1n) is 4.04. The van der Waals surface area contributed by atoms with E-state index in [9.17, 15) is 4.79 Å². The lowest BCUT2D eigenvalue weighted by atomic mass is 9.94. The predicted molar refractivity (Wildman–Crippen MR) is 53.7 cm³/mol. The van der Waals surface area contributed by atoms with Crippen molar-refractivity contribution in [2.75, 3.05) is 14.2 Å². The summed E-state index contributed by atoms with van der Waals surface area (Å²) >= 11 is 0. The first kappa shape index (κ1) is 9.80. The van der Waals surface area contributed by atoms with Crippen LogP contribution < -0.4 is 5.46 Å². The molecule has 1 aromatic carbocycles. The van der Waals surface area contributed by atoms with Crippen molar-refractivity contribution in [3.8, 4) is 0 Å². The van der Waals surface area contributed by atoms with Crippen molar-refractivity contribution >= 4 is 19.2 Å². The van der Waals surface area contributed by atoms with E-state index in [1.807, 2.05) is 26.0 Å². The summed E-state index contributed by atoms with van der Waals surface area (Å²) in [6.45, 7) is 0. The van der Waals surface area contributed by atoms with Gasteiger partial charge in [-0.15, -0.1) is 0 Å². The van der Waals surface area contributed by atoms with Crippen LogP contribution in [0.15, 0.2) is 24.3 Å². The van der Waals surface area contributed by atoms with Crippen LogP contribution in [-0.4, -0.2) is 33.0 Å². The van der Waals surface area contributed by atoms with E-state index in [0.29, 0.717) is 5.56 Å². The number of nitrogens with zero attached hydrogens (tertiary/aromatic N) is 1. The van der Waals surface area contributed by atoms with E-state index in [4.69, 9.17) is 4.84 Å².